The number of aryl methyl sites for hydroxylation is 1. The predicted molar refractivity (Wildman–Crippen MR) is 191 cm³/mol. The average Bonchev–Trinajstić information content (AvgIpc) is 3.09. The smallest absolute Gasteiger partial charge is 0.0744 e. The van der Waals surface area contributed by atoms with Crippen LogP contribution in [0, 0.1) is 0 Å². The molecule has 0 spiro atoms. The van der Waals surface area contributed by atoms with E-state index in [0.29, 0.717) is 0 Å². The Morgan fingerprint density at radius 2 is 0.956 bits per heavy atom. The molecule has 2 heteroatoms. The molecule has 2 nitrogen and oxygen atoms in total. The second-order valence-corrected chi connectivity index (χ2v) is 12.1. The molecule has 0 N–H and O–H groups in total. The van der Waals surface area contributed by atoms with Crippen molar-refractivity contribution in [2.45, 2.75) is 38.5 Å². The van der Waals surface area contributed by atoms with Gasteiger partial charge in [-0.25, -0.2) is 4.98 Å². The molecule has 1 heterocycles. The van der Waals surface area contributed by atoms with E-state index in [1.54, 1.807) is 0 Å². The van der Waals surface area contributed by atoms with Gasteiger partial charge in [0.1, 0.15) is 0 Å². The molecule has 45 heavy (non-hydrogen) atoms. The molecule has 0 amide bonds. The van der Waals surface area contributed by atoms with Gasteiger partial charge in [-0.15, -0.1) is 0 Å². The van der Waals surface area contributed by atoms with Crippen molar-refractivity contribution >= 4 is 38.7 Å². The minimum Gasteiger partial charge on any atom is -0.311 e. The van der Waals surface area contributed by atoms with Crippen molar-refractivity contribution in [1.29, 1.82) is 0 Å². The third-order valence-corrected chi connectivity index (χ3v) is 9.34. The summed E-state index contributed by atoms with van der Waals surface area (Å²) in [4.78, 5) is 7.67. The number of aromatic nitrogens is 1. The number of anilines is 3. The van der Waals surface area contributed by atoms with E-state index in [1.807, 2.05) is 0 Å². The number of hydrogen-bond acceptors (Lipinski definition) is 2. The third-order valence-electron chi connectivity index (χ3n) is 9.34. The van der Waals surface area contributed by atoms with Crippen molar-refractivity contribution in [3.8, 4) is 22.4 Å². The van der Waals surface area contributed by atoms with E-state index in [9.17, 15) is 0 Å². The van der Waals surface area contributed by atoms with E-state index in [0.717, 1.165) is 41.1 Å². The second-order valence-electron chi connectivity index (χ2n) is 12.1. The van der Waals surface area contributed by atoms with Gasteiger partial charge < -0.3 is 4.90 Å². The van der Waals surface area contributed by atoms with E-state index in [-0.39, 0.29) is 0 Å². The summed E-state index contributed by atoms with van der Waals surface area (Å²) in [7, 11) is 0. The zero-order chi connectivity index (χ0) is 30.0. The standard InChI is InChI=1S/C43H36N2/c1-2-10-20-40-39(19-9-1)42-38-18-12-11-13-33(38)27-30-41(42)44-43(40)34-23-21-31(22-24-34)32-25-28-37(29-26-32)45(35-14-5-3-6-15-35)36-16-7-4-8-17-36/h3-8,11-18,21-30H,1-2,9-10,19-20H2. The molecule has 0 atom stereocenters. The topological polar surface area (TPSA) is 16.1 Å². The summed E-state index contributed by atoms with van der Waals surface area (Å²) in [6, 6.07) is 52.4. The van der Waals surface area contributed by atoms with Gasteiger partial charge in [-0.3, -0.25) is 0 Å². The lowest BCUT2D eigenvalue weighted by molar-refractivity contribution is 0.619. The zero-order valence-electron chi connectivity index (χ0n) is 25.5. The highest BCUT2D eigenvalue weighted by molar-refractivity contribution is 6.09. The Hall–Kier alpha value is -5.21. The Morgan fingerprint density at radius 1 is 0.422 bits per heavy atom. The molecule has 7 aromatic rings. The lowest BCUT2D eigenvalue weighted by atomic mass is 9.86. The summed E-state index contributed by atoms with van der Waals surface area (Å²) in [5.41, 5.74) is 12.3. The van der Waals surface area contributed by atoms with Gasteiger partial charge in [0.25, 0.3) is 0 Å². The normalized spacial score (nSPS) is 13.2. The lowest BCUT2D eigenvalue weighted by Gasteiger charge is -2.25. The minimum absolute atomic E-state index is 1.10. The molecular weight excluding hydrogens is 544 g/mol. The van der Waals surface area contributed by atoms with Gasteiger partial charge in [0, 0.05) is 28.0 Å². The Bertz CT molecular complexity index is 2040. The molecule has 0 saturated heterocycles. The fourth-order valence-corrected chi connectivity index (χ4v) is 7.12. The molecule has 1 aromatic heterocycles. The summed E-state index contributed by atoms with van der Waals surface area (Å²) in [6.07, 6.45) is 7.31. The molecule has 1 aliphatic rings. The van der Waals surface area contributed by atoms with E-state index in [1.165, 1.54) is 69.7 Å². The monoisotopic (exact) mass is 580 g/mol. The number of rotatable bonds is 5. The van der Waals surface area contributed by atoms with E-state index in [2.05, 4.69) is 150 Å². The molecule has 0 bridgehead atoms. The van der Waals surface area contributed by atoms with Crippen LogP contribution in [-0.2, 0) is 12.8 Å². The van der Waals surface area contributed by atoms with Gasteiger partial charge in [0.15, 0.2) is 0 Å². The second kappa shape index (κ2) is 12.1. The first-order valence-corrected chi connectivity index (χ1v) is 16.3. The van der Waals surface area contributed by atoms with E-state index < -0.39 is 0 Å². The van der Waals surface area contributed by atoms with Gasteiger partial charge in [0.05, 0.1) is 11.2 Å². The average molecular weight is 581 g/mol. The third kappa shape index (κ3) is 5.27. The van der Waals surface area contributed by atoms with Crippen LogP contribution in [0.25, 0.3) is 44.1 Å². The molecule has 6 aromatic carbocycles. The SMILES string of the molecule is c1ccc(N(c2ccccc2)c2ccc(-c3ccc(-c4nc5ccc6ccccc6c5c5c4CCCCCC5)cc3)cc2)cc1. The van der Waals surface area contributed by atoms with Crippen LogP contribution in [0.5, 0.6) is 0 Å². The lowest BCUT2D eigenvalue weighted by Crippen LogP contribution is -2.09. The van der Waals surface area contributed by atoms with Crippen molar-refractivity contribution in [2.24, 2.45) is 0 Å². The maximum absolute atomic E-state index is 5.37. The first kappa shape index (κ1) is 27.3. The maximum atomic E-state index is 5.37. The Labute approximate surface area is 265 Å². The number of pyridine rings is 1. The molecule has 8 rings (SSSR count). The Kier molecular flexibility index (Phi) is 7.33. The number of para-hydroxylation sites is 2. The molecule has 0 radical (unpaired) electrons. The molecule has 0 saturated carbocycles. The summed E-state index contributed by atoms with van der Waals surface area (Å²) in [5.74, 6) is 0. The van der Waals surface area contributed by atoms with Crippen LogP contribution in [0.15, 0.2) is 146 Å². The van der Waals surface area contributed by atoms with Crippen LogP contribution >= 0.6 is 0 Å². The van der Waals surface area contributed by atoms with Gasteiger partial charge in [0.2, 0.25) is 0 Å². The number of hydrogen-bond donors (Lipinski definition) is 0. The van der Waals surface area contributed by atoms with Gasteiger partial charge in [-0.05, 0) is 101 Å². The highest BCUT2D eigenvalue weighted by atomic mass is 15.1. The number of benzene rings is 6. The fraction of sp³-hybridized carbons (Fsp3) is 0.140. The van der Waals surface area contributed by atoms with E-state index in [4.69, 9.17) is 4.98 Å². The highest BCUT2D eigenvalue weighted by Gasteiger charge is 2.19. The van der Waals surface area contributed by atoms with Crippen molar-refractivity contribution in [1.82, 2.24) is 4.98 Å². The summed E-state index contributed by atoms with van der Waals surface area (Å²) >= 11 is 0. The fourth-order valence-electron chi connectivity index (χ4n) is 7.12. The predicted octanol–water partition coefficient (Wildman–Crippen LogP) is 11.9. The zero-order valence-corrected chi connectivity index (χ0v) is 25.5. The maximum Gasteiger partial charge on any atom is 0.0744 e. The summed E-state index contributed by atoms with van der Waals surface area (Å²) in [6.45, 7) is 0. The summed E-state index contributed by atoms with van der Waals surface area (Å²) in [5, 5.41) is 4.00. The van der Waals surface area contributed by atoms with Gasteiger partial charge in [-0.2, -0.15) is 0 Å². The first-order chi connectivity index (χ1) is 22.3. The Morgan fingerprint density at radius 3 is 1.62 bits per heavy atom. The van der Waals surface area contributed by atoms with Crippen LogP contribution in [0.2, 0.25) is 0 Å². The minimum atomic E-state index is 1.10. The van der Waals surface area contributed by atoms with Crippen molar-refractivity contribution < 1.29 is 0 Å². The van der Waals surface area contributed by atoms with Crippen LogP contribution in [0.4, 0.5) is 17.1 Å². The molecule has 0 aliphatic heterocycles. The molecular formula is C43H36N2. The highest BCUT2D eigenvalue weighted by Crippen LogP contribution is 2.39. The van der Waals surface area contributed by atoms with Crippen LogP contribution in [0.1, 0.15) is 36.8 Å². The molecule has 1 aliphatic carbocycles. The number of nitrogens with zero attached hydrogens (tertiary/aromatic N) is 2. The first-order valence-electron chi connectivity index (χ1n) is 16.3. The van der Waals surface area contributed by atoms with E-state index >= 15 is 0 Å². The van der Waals surface area contributed by atoms with Gasteiger partial charge in [-0.1, -0.05) is 116 Å². The number of fused-ring (bicyclic) bond motifs is 5. The quantitative estimate of drug-likeness (QED) is 0.188. The molecule has 0 fully saturated rings. The molecule has 0 unspecified atom stereocenters. The largest absolute Gasteiger partial charge is 0.311 e. The van der Waals surface area contributed by atoms with Crippen LogP contribution in [-0.4, -0.2) is 4.98 Å². The Balaban J connectivity index is 1.16. The summed E-state index contributed by atoms with van der Waals surface area (Å²) < 4.78 is 0. The van der Waals surface area contributed by atoms with Gasteiger partial charge >= 0.3 is 0 Å². The van der Waals surface area contributed by atoms with Crippen LogP contribution in [0.3, 0.4) is 0 Å². The van der Waals surface area contributed by atoms with Crippen molar-refractivity contribution in [3.05, 3.63) is 157 Å². The van der Waals surface area contributed by atoms with Crippen LogP contribution < -0.4 is 4.90 Å². The van der Waals surface area contributed by atoms with Crippen molar-refractivity contribution in [3.63, 3.8) is 0 Å². The van der Waals surface area contributed by atoms with Crippen molar-refractivity contribution in [2.75, 3.05) is 4.90 Å². The molecule has 218 valence electrons.